The van der Waals surface area contributed by atoms with Crippen molar-refractivity contribution < 1.29 is 0 Å². The van der Waals surface area contributed by atoms with Crippen LogP contribution in [0.1, 0.15) is 58.1 Å². The lowest BCUT2D eigenvalue weighted by Crippen LogP contribution is -2.38. The Morgan fingerprint density at radius 1 is 1.32 bits per heavy atom. The second-order valence-corrected chi connectivity index (χ2v) is 6.36. The Hall–Kier alpha value is -0.860. The predicted molar refractivity (Wildman–Crippen MR) is 100 cm³/mol. The van der Waals surface area contributed by atoms with E-state index in [9.17, 15) is 0 Å². The molecule has 0 aromatic carbocycles. The number of fused-ring (bicyclic) bond motifs is 1. The Morgan fingerprint density at radius 2 is 2.09 bits per heavy atom. The van der Waals surface area contributed by atoms with Crippen LogP contribution >= 0.6 is 24.0 Å². The van der Waals surface area contributed by atoms with Gasteiger partial charge in [-0.05, 0) is 25.7 Å². The van der Waals surface area contributed by atoms with Crippen LogP contribution in [-0.4, -0.2) is 26.8 Å². The van der Waals surface area contributed by atoms with E-state index in [1.54, 1.807) is 0 Å². The average Bonchev–Trinajstić information content (AvgIpc) is 2.98. The molecule has 0 saturated carbocycles. The van der Waals surface area contributed by atoms with Crippen molar-refractivity contribution in [1.29, 1.82) is 0 Å². The van der Waals surface area contributed by atoms with Crippen molar-refractivity contribution in [3.05, 3.63) is 11.6 Å². The molecule has 1 atom stereocenters. The number of nitrogens with two attached hydrogens (primary N) is 1. The van der Waals surface area contributed by atoms with Gasteiger partial charge in [0.25, 0.3) is 0 Å². The standard InChI is InChI=1S/C15H28N6.HI/c1-11(2)6-4-7-12(3)18-15(16)17-10-14-20-19-13-8-5-9-21(13)14;/h11-12H,4-10H2,1-3H3,(H3,16,17,18);1H. The first kappa shape index (κ1) is 19.2. The van der Waals surface area contributed by atoms with Crippen molar-refractivity contribution >= 4 is 29.9 Å². The highest BCUT2D eigenvalue weighted by Gasteiger charge is 2.16. The number of hydrogen-bond acceptors (Lipinski definition) is 3. The Balaban J connectivity index is 0.00000242. The third-order valence-electron chi connectivity index (χ3n) is 3.89. The SMILES string of the molecule is CC(C)CCCC(C)NC(N)=NCc1nnc2n1CCC2.I. The lowest BCUT2D eigenvalue weighted by Gasteiger charge is -2.15. The molecule has 1 unspecified atom stereocenters. The summed E-state index contributed by atoms with van der Waals surface area (Å²) >= 11 is 0. The molecule has 22 heavy (non-hydrogen) atoms. The fourth-order valence-corrected chi connectivity index (χ4v) is 2.69. The molecule has 3 N–H and O–H groups in total. The molecule has 0 saturated heterocycles. The highest BCUT2D eigenvalue weighted by molar-refractivity contribution is 14.0. The number of aromatic nitrogens is 3. The van der Waals surface area contributed by atoms with Crippen molar-refractivity contribution in [3.8, 4) is 0 Å². The first-order chi connectivity index (χ1) is 10.1. The number of guanidine groups is 1. The summed E-state index contributed by atoms with van der Waals surface area (Å²) in [4.78, 5) is 4.39. The minimum Gasteiger partial charge on any atom is -0.370 e. The van der Waals surface area contributed by atoms with Gasteiger partial charge in [0.05, 0.1) is 0 Å². The van der Waals surface area contributed by atoms with E-state index < -0.39 is 0 Å². The van der Waals surface area contributed by atoms with Crippen molar-refractivity contribution in [2.45, 2.75) is 72.0 Å². The maximum absolute atomic E-state index is 5.95. The molecule has 6 nitrogen and oxygen atoms in total. The van der Waals surface area contributed by atoms with Crippen molar-refractivity contribution in [3.63, 3.8) is 0 Å². The molecule has 0 radical (unpaired) electrons. The molecule has 0 amide bonds. The van der Waals surface area contributed by atoms with Gasteiger partial charge in [-0.15, -0.1) is 34.2 Å². The molecule has 0 aliphatic carbocycles. The molecular formula is C15H29IN6. The van der Waals surface area contributed by atoms with Gasteiger partial charge in [-0.1, -0.05) is 26.7 Å². The monoisotopic (exact) mass is 420 g/mol. The summed E-state index contributed by atoms with van der Waals surface area (Å²) in [5.41, 5.74) is 5.95. The summed E-state index contributed by atoms with van der Waals surface area (Å²) in [5.74, 6) is 3.26. The molecule has 0 fully saturated rings. The maximum Gasteiger partial charge on any atom is 0.189 e. The van der Waals surface area contributed by atoms with Crippen LogP contribution in [0.2, 0.25) is 0 Å². The van der Waals surface area contributed by atoms with E-state index in [0.29, 0.717) is 18.5 Å². The third kappa shape index (κ3) is 5.73. The van der Waals surface area contributed by atoms with Crippen molar-refractivity contribution in [1.82, 2.24) is 20.1 Å². The first-order valence-electron chi connectivity index (χ1n) is 8.03. The molecule has 1 aromatic rings. The smallest absolute Gasteiger partial charge is 0.189 e. The minimum absolute atomic E-state index is 0. The van der Waals surface area contributed by atoms with Gasteiger partial charge in [0.15, 0.2) is 11.8 Å². The highest BCUT2D eigenvalue weighted by Crippen LogP contribution is 2.14. The summed E-state index contributed by atoms with van der Waals surface area (Å²) in [5, 5.41) is 11.6. The van der Waals surface area contributed by atoms with Crippen LogP contribution in [0.4, 0.5) is 0 Å². The van der Waals surface area contributed by atoms with E-state index >= 15 is 0 Å². The van der Waals surface area contributed by atoms with E-state index in [2.05, 4.69) is 45.8 Å². The van der Waals surface area contributed by atoms with E-state index in [1.165, 1.54) is 12.8 Å². The summed E-state index contributed by atoms with van der Waals surface area (Å²) in [6, 6.07) is 0.358. The average molecular weight is 420 g/mol. The molecule has 0 spiro atoms. The number of rotatable bonds is 7. The zero-order valence-electron chi connectivity index (χ0n) is 13.9. The Morgan fingerprint density at radius 3 is 2.82 bits per heavy atom. The third-order valence-corrected chi connectivity index (χ3v) is 3.89. The zero-order chi connectivity index (χ0) is 15.2. The van der Waals surface area contributed by atoms with Gasteiger partial charge in [-0.3, -0.25) is 0 Å². The molecule has 1 aromatic heterocycles. The Labute approximate surface area is 150 Å². The fraction of sp³-hybridized carbons (Fsp3) is 0.800. The Kier molecular flexibility index (Phi) is 8.13. The highest BCUT2D eigenvalue weighted by atomic mass is 127. The predicted octanol–water partition coefficient (Wildman–Crippen LogP) is 2.46. The van der Waals surface area contributed by atoms with Crippen LogP contribution < -0.4 is 11.1 Å². The molecule has 126 valence electrons. The second-order valence-electron chi connectivity index (χ2n) is 6.36. The van der Waals surface area contributed by atoms with Crippen molar-refractivity contribution in [2.75, 3.05) is 0 Å². The van der Waals surface area contributed by atoms with Crippen LogP contribution in [-0.2, 0) is 19.5 Å². The number of nitrogens with zero attached hydrogens (tertiary/aromatic N) is 4. The fourth-order valence-electron chi connectivity index (χ4n) is 2.69. The Bertz CT molecular complexity index is 482. The summed E-state index contributed by atoms with van der Waals surface area (Å²) < 4.78 is 2.16. The molecule has 0 bridgehead atoms. The normalized spacial score (nSPS) is 15.5. The second kappa shape index (κ2) is 9.32. The number of nitrogens with one attached hydrogen (secondary N) is 1. The van der Waals surface area contributed by atoms with Crippen LogP contribution in [0, 0.1) is 5.92 Å². The van der Waals surface area contributed by atoms with Gasteiger partial charge < -0.3 is 15.6 Å². The number of hydrogen-bond donors (Lipinski definition) is 2. The minimum atomic E-state index is 0. The van der Waals surface area contributed by atoms with E-state index in [0.717, 1.165) is 43.4 Å². The maximum atomic E-state index is 5.95. The van der Waals surface area contributed by atoms with Gasteiger partial charge >= 0.3 is 0 Å². The van der Waals surface area contributed by atoms with E-state index in [-0.39, 0.29) is 24.0 Å². The van der Waals surface area contributed by atoms with Crippen molar-refractivity contribution in [2.24, 2.45) is 16.6 Å². The van der Waals surface area contributed by atoms with Gasteiger partial charge in [0, 0.05) is 19.0 Å². The summed E-state index contributed by atoms with van der Waals surface area (Å²) in [6.07, 6.45) is 5.78. The molecule has 1 aliphatic rings. The van der Waals surface area contributed by atoms with Gasteiger partial charge in [-0.25, -0.2) is 4.99 Å². The van der Waals surface area contributed by atoms with E-state index in [4.69, 9.17) is 5.73 Å². The van der Waals surface area contributed by atoms with Crippen LogP contribution in [0.25, 0.3) is 0 Å². The number of halogens is 1. The van der Waals surface area contributed by atoms with Crippen LogP contribution in [0.5, 0.6) is 0 Å². The first-order valence-corrected chi connectivity index (χ1v) is 8.03. The zero-order valence-corrected chi connectivity index (χ0v) is 16.2. The van der Waals surface area contributed by atoms with Gasteiger partial charge in [-0.2, -0.15) is 0 Å². The summed E-state index contributed by atoms with van der Waals surface area (Å²) in [7, 11) is 0. The van der Waals surface area contributed by atoms with Gasteiger partial charge in [0.2, 0.25) is 0 Å². The number of aliphatic imine (C=N–C) groups is 1. The molecule has 1 aliphatic heterocycles. The lowest BCUT2D eigenvalue weighted by atomic mass is 10.0. The van der Waals surface area contributed by atoms with Gasteiger partial charge in [0.1, 0.15) is 12.4 Å². The topological polar surface area (TPSA) is 81.1 Å². The number of aryl methyl sites for hydroxylation is 1. The quantitative estimate of drug-likeness (QED) is 0.404. The lowest BCUT2D eigenvalue weighted by molar-refractivity contribution is 0.493. The summed E-state index contributed by atoms with van der Waals surface area (Å²) in [6.45, 7) is 8.17. The largest absolute Gasteiger partial charge is 0.370 e. The van der Waals surface area contributed by atoms with Crippen LogP contribution in [0.3, 0.4) is 0 Å². The molecule has 7 heteroatoms. The molecule has 2 heterocycles. The molecular weight excluding hydrogens is 391 g/mol. The van der Waals surface area contributed by atoms with E-state index in [1.807, 2.05) is 0 Å². The molecule has 2 rings (SSSR count). The van der Waals surface area contributed by atoms with Crippen LogP contribution in [0.15, 0.2) is 4.99 Å².